The molecule has 0 aliphatic heterocycles. The first-order valence-corrected chi connectivity index (χ1v) is 10.3. The fourth-order valence-corrected chi connectivity index (χ4v) is 3.58. The van der Waals surface area contributed by atoms with Gasteiger partial charge in [0.1, 0.15) is 11.6 Å². The van der Waals surface area contributed by atoms with Crippen LogP contribution in [0, 0.1) is 12.7 Å². The molecule has 0 amide bonds. The number of ether oxygens (including phenoxy) is 1. The molecule has 30 heavy (non-hydrogen) atoms. The van der Waals surface area contributed by atoms with E-state index in [1.165, 1.54) is 6.07 Å². The first-order chi connectivity index (χ1) is 14.6. The number of rotatable bonds is 8. The predicted molar refractivity (Wildman–Crippen MR) is 109 cm³/mol. The maximum absolute atomic E-state index is 13.7. The van der Waals surface area contributed by atoms with Gasteiger partial charge in [-0.25, -0.2) is 4.39 Å². The maximum Gasteiger partial charge on any atom is 0.226 e. The SMILES string of the molecule is COc1ccc(-n2nnnc2SCCCc2nc(-c3ccc(C)c(F)c3)no2)cc1. The largest absolute Gasteiger partial charge is 0.497 e. The van der Waals surface area contributed by atoms with Gasteiger partial charge >= 0.3 is 0 Å². The number of benzene rings is 2. The minimum absolute atomic E-state index is 0.287. The molecule has 2 heterocycles. The van der Waals surface area contributed by atoms with Crippen LogP contribution in [-0.2, 0) is 6.42 Å². The van der Waals surface area contributed by atoms with Crippen molar-refractivity contribution in [1.82, 2.24) is 30.3 Å². The van der Waals surface area contributed by atoms with Crippen LogP contribution < -0.4 is 4.74 Å². The monoisotopic (exact) mass is 426 g/mol. The third-order valence-electron chi connectivity index (χ3n) is 4.42. The van der Waals surface area contributed by atoms with Crippen molar-refractivity contribution in [2.75, 3.05) is 12.9 Å². The molecule has 0 bridgehead atoms. The van der Waals surface area contributed by atoms with Crippen LogP contribution in [0.1, 0.15) is 17.9 Å². The quantitative estimate of drug-likeness (QED) is 0.309. The van der Waals surface area contributed by atoms with Gasteiger partial charge < -0.3 is 9.26 Å². The van der Waals surface area contributed by atoms with Crippen molar-refractivity contribution >= 4 is 11.8 Å². The first-order valence-electron chi connectivity index (χ1n) is 9.29. The second-order valence-corrected chi connectivity index (χ2v) is 7.56. The molecule has 0 N–H and O–H groups in total. The van der Waals surface area contributed by atoms with Crippen LogP contribution >= 0.6 is 11.8 Å². The molecule has 0 radical (unpaired) electrons. The number of hydrogen-bond acceptors (Lipinski definition) is 8. The minimum Gasteiger partial charge on any atom is -0.497 e. The smallest absolute Gasteiger partial charge is 0.226 e. The Morgan fingerprint density at radius 2 is 2.00 bits per heavy atom. The minimum atomic E-state index is -0.287. The number of aryl methyl sites for hydroxylation is 2. The summed E-state index contributed by atoms with van der Waals surface area (Å²) in [6.45, 7) is 1.71. The molecule has 0 spiro atoms. The summed E-state index contributed by atoms with van der Waals surface area (Å²) >= 11 is 1.54. The van der Waals surface area contributed by atoms with Crippen LogP contribution in [0.25, 0.3) is 17.1 Å². The molecular weight excluding hydrogens is 407 g/mol. The third kappa shape index (κ3) is 4.48. The fraction of sp³-hybridized carbons (Fsp3) is 0.250. The number of tetrazole rings is 1. The summed E-state index contributed by atoms with van der Waals surface area (Å²) in [4.78, 5) is 4.36. The van der Waals surface area contributed by atoms with E-state index in [2.05, 4.69) is 25.7 Å². The summed E-state index contributed by atoms with van der Waals surface area (Å²) in [5.41, 5.74) is 2.03. The van der Waals surface area contributed by atoms with Crippen molar-refractivity contribution in [3.05, 3.63) is 59.7 Å². The summed E-state index contributed by atoms with van der Waals surface area (Å²) in [5.74, 6) is 2.16. The zero-order chi connectivity index (χ0) is 20.9. The van der Waals surface area contributed by atoms with Crippen LogP contribution in [0.4, 0.5) is 4.39 Å². The van der Waals surface area contributed by atoms with Crippen molar-refractivity contribution in [2.45, 2.75) is 24.9 Å². The Labute approximate surface area is 176 Å². The highest BCUT2D eigenvalue weighted by Crippen LogP contribution is 2.22. The van der Waals surface area contributed by atoms with E-state index in [9.17, 15) is 4.39 Å². The first kappa shape index (κ1) is 20.0. The van der Waals surface area contributed by atoms with Gasteiger partial charge in [0, 0.05) is 17.7 Å². The maximum atomic E-state index is 13.7. The molecule has 0 fully saturated rings. The Morgan fingerprint density at radius 3 is 2.77 bits per heavy atom. The normalized spacial score (nSPS) is 11.0. The van der Waals surface area contributed by atoms with Crippen molar-refractivity contribution in [1.29, 1.82) is 0 Å². The molecule has 2 aromatic carbocycles. The van der Waals surface area contributed by atoms with E-state index in [1.54, 1.807) is 42.6 Å². The molecule has 154 valence electrons. The summed E-state index contributed by atoms with van der Waals surface area (Å²) < 4.78 is 25.9. The number of thioether (sulfide) groups is 1. The lowest BCUT2D eigenvalue weighted by atomic mass is 10.1. The van der Waals surface area contributed by atoms with Gasteiger partial charge in [-0.15, -0.1) is 5.10 Å². The average molecular weight is 426 g/mol. The molecule has 0 atom stereocenters. The fourth-order valence-electron chi connectivity index (χ4n) is 2.75. The second kappa shape index (κ2) is 9.04. The molecular formula is C20H19FN6O2S. The highest BCUT2D eigenvalue weighted by atomic mass is 32.2. The molecule has 4 rings (SSSR count). The Kier molecular flexibility index (Phi) is 6.03. The summed E-state index contributed by atoms with van der Waals surface area (Å²) in [5, 5.41) is 16.5. The van der Waals surface area contributed by atoms with Crippen LogP contribution in [-0.4, -0.2) is 43.2 Å². The third-order valence-corrected chi connectivity index (χ3v) is 5.43. The number of hydrogen-bond donors (Lipinski definition) is 0. The predicted octanol–water partition coefficient (Wildman–Crippen LogP) is 3.89. The van der Waals surface area contributed by atoms with E-state index in [4.69, 9.17) is 9.26 Å². The number of aromatic nitrogens is 6. The van der Waals surface area contributed by atoms with Crippen LogP contribution in [0.5, 0.6) is 5.75 Å². The molecule has 2 aromatic heterocycles. The van der Waals surface area contributed by atoms with Gasteiger partial charge in [-0.1, -0.05) is 29.1 Å². The molecule has 0 aliphatic carbocycles. The topological polar surface area (TPSA) is 91.8 Å². The lowest BCUT2D eigenvalue weighted by Crippen LogP contribution is -1.99. The summed E-state index contributed by atoms with van der Waals surface area (Å²) in [6.07, 6.45) is 1.41. The van der Waals surface area contributed by atoms with Gasteiger partial charge in [-0.2, -0.15) is 9.67 Å². The van der Waals surface area contributed by atoms with Gasteiger partial charge in [0.15, 0.2) is 0 Å². The highest BCUT2D eigenvalue weighted by molar-refractivity contribution is 7.99. The van der Waals surface area contributed by atoms with E-state index in [0.29, 0.717) is 34.4 Å². The molecule has 8 nitrogen and oxygen atoms in total. The summed E-state index contributed by atoms with van der Waals surface area (Å²) in [6, 6.07) is 12.4. The van der Waals surface area contributed by atoms with Crippen LogP contribution in [0.2, 0.25) is 0 Å². The Bertz CT molecular complexity index is 1130. The Balaban J connectivity index is 1.32. The average Bonchev–Trinajstić information content (AvgIpc) is 3.43. The second-order valence-electron chi connectivity index (χ2n) is 6.50. The molecule has 0 saturated heterocycles. The zero-order valence-corrected chi connectivity index (χ0v) is 17.3. The van der Waals surface area contributed by atoms with Crippen molar-refractivity contribution in [2.24, 2.45) is 0 Å². The van der Waals surface area contributed by atoms with Gasteiger partial charge in [0.05, 0.1) is 12.8 Å². The van der Waals surface area contributed by atoms with E-state index < -0.39 is 0 Å². The van der Waals surface area contributed by atoms with Gasteiger partial charge in [0.25, 0.3) is 0 Å². The number of methoxy groups -OCH3 is 1. The number of halogens is 1. The standard InChI is InChI=1S/C20H19FN6O2S/c1-13-5-6-14(12-17(13)21)19-22-18(29-24-19)4-3-11-30-20-23-25-26-27(20)15-7-9-16(28-2)10-8-15/h5-10,12H,3-4,11H2,1-2H3. The lowest BCUT2D eigenvalue weighted by molar-refractivity contribution is 0.378. The van der Waals surface area contributed by atoms with Crippen molar-refractivity contribution < 1.29 is 13.7 Å². The van der Waals surface area contributed by atoms with E-state index in [-0.39, 0.29) is 5.82 Å². The highest BCUT2D eigenvalue weighted by Gasteiger charge is 2.12. The van der Waals surface area contributed by atoms with Crippen molar-refractivity contribution in [3.63, 3.8) is 0 Å². The molecule has 10 heteroatoms. The molecule has 0 saturated carbocycles. The van der Waals surface area contributed by atoms with Gasteiger partial charge in [-0.3, -0.25) is 0 Å². The van der Waals surface area contributed by atoms with E-state index in [1.807, 2.05) is 24.3 Å². The number of nitrogens with zero attached hydrogens (tertiary/aromatic N) is 6. The van der Waals surface area contributed by atoms with E-state index in [0.717, 1.165) is 23.6 Å². The molecule has 0 unspecified atom stereocenters. The van der Waals surface area contributed by atoms with Gasteiger partial charge in [0.2, 0.25) is 16.9 Å². The van der Waals surface area contributed by atoms with Crippen LogP contribution in [0.3, 0.4) is 0 Å². The summed E-state index contributed by atoms with van der Waals surface area (Å²) in [7, 11) is 1.62. The van der Waals surface area contributed by atoms with Gasteiger partial charge in [-0.05, 0) is 59.7 Å². The lowest BCUT2D eigenvalue weighted by Gasteiger charge is -2.05. The molecule has 4 aromatic rings. The Hall–Kier alpha value is -3.27. The zero-order valence-electron chi connectivity index (χ0n) is 16.4. The van der Waals surface area contributed by atoms with Crippen molar-refractivity contribution in [3.8, 4) is 22.8 Å². The Morgan fingerprint density at radius 1 is 1.17 bits per heavy atom. The van der Waals surface area contributed by atoms with Crippen LogP contribution in [0.15, 0.2) is 52.1 Å². The molecule has 0 aliphatic rings. The van der Waals surface area contributed by atoms with E-state index >= 15 is 0 Å².